The lowest BCUT2D eigenvalue weighted by Gasteiger charge is -2.33. The van der Waals surface area contributed by atoms with Crippen LogP contribution in [-0.4, -0.2) is 56.6 Å². The number of anilines is 1. The smallest absolute Gasteiger partial charge is 0.244 e. The van der Waals surface area contributed by atoms with Crippen molar-refractivity contribution in [3.63, 3.8) is 0 Å². The molecule has 1 atom stereocenters. The zero-order valence-corrected chi connectivity index (χ0v) is 21.9. The third-order valence-corrected chi connectivity index (χ3v) is 6.73. The zero-order chi connectivity index (χ0) is 25.5. The Morgan fingerprint density at radius 3 is 2.21 bits per heavy atom. The number of sulfonamides is 1. The second-order valence-corrected chi connectivity index (χ2v) is 10.9. The predicted octanol–water partition coefficient (Wildman–Crippen LogP) is 3.44. The van der Waals surface area contributed by atoms with Gasteiger partial charge < -0.3 is 10.2 Å². The number of rotatable bonds is 11. The summed E-state index contributed by atoms with van der Waals surface area (Å²) in [6.07, 6.45) is 2.07. The normalized spacial score (nSPS) is 12.3. The number of nitrogens with one attached hydrogen (secondary N) is 1. The van der Waals surface area contributed by atoms with Crippen LogP contribution >= 0.6 is 0 Å². The van der Waals surface area contributed by atoms with E-state index < -0.39 is 22.0 Å². The molecule has 2 amide bonds. The van der Waals surface area contributed by atoms with E-state index in [1.165, 1.54) is 4.90 Å². The Hall–Kier alpha value is -2.87. The Morgan fingerprint density at radius 2 is 1.68 bits per heavy atom. The van der Waals surface area contributed by atoms with Crippen molar-refractivity contribution in [3.05, 3.63) is 65.2 Å². The molecular formula is C26H37N3O4S. The highest BCUT2D eigenvalue weighted by molar-refractivity contribution is 7.92. The number of aryl methyl sites for hydroxylation is 2. The Balaban J connectivity index is 2.39. The molecule has 8 heteroatoms. The van der Waals surface area contributed by atoms with Gasteiger partial charge in [0, 0.05) is 12.6 Å². The number of nitrogens with zero attached hydrogens (tertiary/aromatic N) is 2. The Labute approximate surface area is 204 Å². The number of benzene rings is 2. The van der Waals surface area contributed by atoms with Crippen molar-refractivity contribution in [1.29, 1.82) is 0 Å². The molecule has 0 aliphatic carbocycles. The van der Waals surface area contributed by atoms with Crippen LogP contribution in [0.3, 0.4) is 0 Å². The largest absolute Gasteiger partial charge is 0.352 e. The molecule has 0 aromatic heterocycles. The van der Waals surface area contributed by atoms with Gasteiger partial charge in [0.25, 0.3) is 0 Å². The summed E-state index contributed by atoms with van der Waals surface area (Å²) in [6.45, 7) is 9.27. The first kappa shape index (κ1) is 27.4. The molecule has 0 aliphatic heterocycles. The maximum atomic E-state index is 13.6. The highest BCUT2D eigenvalue weighted by Crippen LogP contribution is 2.24. The van der Waals surface area contributed by atoms with Gasteiger partial charge in [-0.25, -0.2) is 8.42 Å². The van der Waals surface area contributed by atoms with Crippen LogP contribution in [-0.2, 0) is 26.0 Å². The standard InChI is InChI=1S/C26H37N3O4S/c1-7-23(26(31)27-19(2)3)28(16-15-22-11-9-8-10-12-22)25(30)18-29(34(6,32)33)24-14-13-20(4)17-21(24)5/h8-14,17,19,23H,7,15-16,18H2,1-6H3,(H,27,31). The summed E-state index contributed by atoms with van der Waals surface area (Å²) in [5.41, 5.74) is 3.26. The topological polar surface area (TPSA) is 86.8 Å². The number of carbonyl (C=O) groups excluding carboxylic acids is 2. The van der Waals surface area contributed by atoms with E-state index in [-0.39, 0.29) is 18.5 Å². The van der Waals surface area contributed by atoms with Gasteiger partial charge in [-0.3, -0.25) is 13.9 Å². The number of amides is 2. The van der Waals surface area contributed by atoms with Gasteiger partial charge in [-0.1, -0.05) is 55.0 Å². The molecule has 0 saturated heterocycles. The Kier molecular flexibility index (Phi) is 9.67. The molecule has 0 radical (unpaired) electrons. The Morgan fingerprint density at radius 1 is 1.03 bits per heavy atom. The predicted molar refractivity (Wildman–Crippen MR) is 137 cm³/mol. The van der Waals surface area contributed by atoms with Crippen LogP contribution in [0.5, 0.6) is 0 Å². The number of hydrogen-bond donors (Lipinski definition) is 1. The van der Waals surface area contributed by atoms with Crippen molar-refractivity contribution in [2.75, 3.05) is 23.7 Å². The van der Waals surface area contributed by atoms with E-state index in [0.29, 0.717) is 25.1 Å². The summed E-state index contributed by atoms with van der Waals surface area (Å²) >= 11 is 0. The minimum Gasteiger partial charge on any atom is -0.352 e. The second kappa shape index (κ2) is 12.0. The van der Waals surface area contributed by atoms with E-state index >= 15 is 0 Å². The van der Waals surface area contributed by atoms with Gasteiger partial charge in [0.05, 0.1) is 11.9 Å². The fraction of sp³-hybridized carbons (Fsp3) is 0.462. The molecule has 0 heterocycles. The van der Waals surface area contributed by atoms with Crippen molar-refractivity contribution < 1.29 is 18.0 Å². The zero-order valence-electron chi connectivity index (χ0n) is 21.0. The quantitative estimate of drug-likeness (QED) is 0.526. The maximum absolute atomic E-state index is 13.6. The van der Waals surface area contributed by atoms with E-state index in [4.69, 9.17) is 0 Å². The lowest BCUT2D eigenvalue weighted by Crippen LogP contribution is -2.54. The highest BCUT2D eigenvalue weighted by Gasteiger charge is 2.32. The average molecular weight is 488 g/mol. The number of hydrogen-bond acceptors (Lipinski definition) is 4. The molecule has 7 nitrogen and oxygen atoms in total. The lowest BCUT2D eigenvalue weighted by atomic mass is 10.1. The molecule has 186 valence electrons. The van der Waals surface area contributed by atoms with Crippen LogP contribution < -0.4 is 9.62 Å². The minimum atomic E-state index is -3.74. The molecule has 0 fully saturated rings. The van der Waals surface area contributed by atoms with E-state index in [0.717, 1.165) is 27.3 Å². The molecule has 2 aromatic carbocycles. The summed E-state index contributed by atoms with van der Waals surface area (Å²) in [5, 5.41) is 2.89. The van der Waals surface area contributed by atoms with Crippen molar-refractivity contribution in [3.8, 4) is 0 Å². The van der Waals surface area contributed by atoms with E-state index in [1.807, 2.05) is 77.1 Å². The molecular weight excluding hydrogens is 450 g/mol. The molecule has 0 bridgehead atoms. The van der Waals surface area contributed by atoms with Gasteiger partial charge in [-0.05, 0) is 57.7 Å². The van der Waals surface area contributed by atoms with Crippen LogP contribution in [0.2, 0.25) is 0 Å². The van der Waals surface area contributed by atoms with E-state index in [1.54, 1.807) is 6.07 Å². The third kappa shape index (κ3) is 7.58. The summed E-state index contributed by atoms with van der Waals surface area (Å²) in [4.78, 5) is 28.1. The maximum Gasteiger partial charge on any atom is 0.244 e. The fourth-order valence-electron chi connectivity index (χ4n) is 3.96. The van der Waals surface area contributed by atoms with Gasteiger partial charge in [0.1, 0.15) is 12.6 Å². The third-order valence-electron chi connectivity index (χ3n) is 5.60. The fourth-order valence-corrected chi connectivity index (χ4v) is 4.86. The first-order valence-corrected chi connectivity index (χ1v) is 13.5. The highest BCUT2D eigenvalue weighted by atomic mass is 32.2. The average Bonchev–Trinajstić information content (AvgIpc) is 2.74. The second-order valence-electron chi connectivity index (χ2n) is 8.97. The first-order chi connectivity index (χ1) is 15.9. The van der Waals surface area contributed by atoms with Gasteiger partial charge in [-0.2, -0.15) is 0 Å². The number of carbonyl (C=O) groups is 2. The SMILES string of the molecule is CCC(C(=O)NC(C)C)N(CCc1ccccc1)C(=O)CN(c1ccc(C)cc1C)S(C)(=O)=O. The molecule has 0 saturated carbocycles. The summed E-state index contributed by atoms with van der Waals surface area (Å²) in [6, 6.07) is 14.4. The van der Waals surface area contributed by atoms with E-state index in [2.05, 4.69) is 5.32 Å². The monoisotopic (exact) mass is 487 g/mol. The van der Waals surface area contributed by atoms with Gasteiger partial charge in [0.2, 0.25) is 21.8 Å². The first-order valence-electron chi connectivity index (χ1n) is 11.6. The summed E-state index contributed by atoms with van der Waals surface area (Å²) in [7, 11) is -3.74. The molecule has 1 N–H and O–H groups in total. The van der Waals surface area contributed by atoms with Crippen LogP contribution in [0, 0.1) is 13.8 Å². The minimum absolute atomic E-state index is 0.0737. The van der Waals surface area contributed by atoms with Crippen molar-refractivity contribution in [1.82, 2.24) is 10.2 Å². The Bertz CT molecular complexity index is 1080. The van der Waals surface area contributed by atoms with Gasteiger partial charge in [0.15, 0.2) is 0 Å². The van der Waals surface area contributed by atoms with Gasteiger partial charge in [-0.15, -0.1) is 0 Å². The van der Waals surface area contributed by atoms with Crippen LogP contribution in [0.25, 0.3) is 0 Å². The van der Waals surface area contributed by atoms with E-state index in [9.17, 15) is 18.0 Å². The molecule has 2 rings (SSSR count). The summed E-state index contributed by atoms with van der Waals surface area (Å²) < 4.78 is 26.5. The van der Waals surface area contributed by atoms with Crippen LogP contribution in [0.1, 0.15) is 43.9 Å². The lowest BCUT2D eigenvalue weighted by molar-refractivity contribution is -0.139. The van der Waals surface area contributed by atoms with Crippen LogP contribution in [0.4, 0.5) is 5.69 Å². The van der Waals surface area contributed by atoms with Crippen LogP contribution in [0.15, 0.2) is 48.5 Å². The molecule has 0 spiro atoms. The molecule has 34 heavy (non-hydrogen) atoms. The van der Waals surface area contributed by atoms with Crippen molar-refractivity contribution in [2.45, 2.75) is 59.5 Å². The molecule has 0 aliphatic rings. The molecule has 1 unspecified atom stereocenters. The van der Waals surface area contributed by atoms with Gasteiger partial charge >= 0.3 is 0 Å². The van der Waals surface area contributed by atoms with Crippen molar-refractivity contribution >= 4 is 27.5 Å². The molecule has 2 aromatic rings. The van der Waals surface area contributed by atoms with Crippen molar-refractivity contribution in [2.24, 2.45) is 0 Å². The summed E-state index contributed by atoms with van der Waals surface area (Å²) in [5.74, 6) is -0.650.